The molecule has 1 amide bonds. The molecule has 2 aromatic heterocycles. The van der Waals surface area contributed by atoms with Crippen LogP contribution in [0, 0.1) is 5.92 Å². The fourth-order valence-corrected chi connectivity index (χ4v) is 3.42. The molecule has 4 N–H and O–H groups in total. The highest BCUT2D eigenvalue weighted by Crippen LogP contribution is 2.37. The van der Waals surface area contributed by atoms with E-state index in [4.69, 9.17) is 5.73 Å². The van der Waals surface area contributed by atoms with Gasteiger partial charge in [-0.2, -0.15) is 0 Å². The second-order valence-electron chi connectivity index (χ2n) is 5.86. The van der Waals surface area contributed by atoms with E-state index in [-0.39, 0.29) is 24.0 Å². The Kier molecular flexibility index (Phi) is 4.88. The number of amides is 1. The molecule has 1 fully saturated rings. The van der Waals surface area contributed by atoms with Crippen LogP contribution >= 0.6 is 11.3 Å². The quantitative estimate of drug-likeness (QED) is 0.747. The summed E-state index contributed by atoms with van der Waals surface area (Å²) in [5.74, 6) is 0.201. The molecule has 0 aliphatic heterocycles. The van der Waals surface area contributed by atoms with E-state index in [1.165, 1.54) is 11.3 Å². The van der Waals surface area contributed by atoms with Crippen molar-refractivity contribution < 1.29 is 9.90 Å². The van der Waals surface area contributed by atoms with Crippen molar-refractivity contribution in [3.05, 3.63) is 41.2 Å². The van der Waals surface area contributed by atoms with Gasteiger partial charge in [-0.15, -0.1) is 11.3 Å². The average molecular weight is 332 g/mol. The molecule has 2 heterocycles. The zero-order chi connectivity index (χ0) is 16.2. The van der Waals surface area contributed by atoms with E-state index in [1.807, 2.05) is 23.6 Å². The van der Waals surface area contributed by atoms with Gasteiger partial charge < -0.3 is 16.2 Å². The Balaban J connectivity index is 1.60. The Labute approximate surface area is 138 Å². The molecule has 1 unspecified atom stereocenters. The van der Waals surface area contributed by atoms with Gasteiger partial charge in [-0.1, -0.05) is 6.07 Å². The first-order valence-corrected chi connectivity index (χ1v) is 8.58. The van der Waals surface area contributed by atoms with Crippen molar-refractivity contribution in [3.8, 4) is 0 Å². The molecule has 3 rings (SSSR count). The van der Waals surface area contributed by atoms with Gasteiger partial charge in [0.05, 0.1) is 23.5 Å². The molecular weight excluding hydrogens is 312 g/mol. The number of hydrogen-bond donors (Lipinski definition) is 3. The summed E-state index contributed by atoms with van der Waals surface area (Å²) in [6.45, 7) is 0. The number of aromatic nitrogens is 2. The second kappa shape index (κ2) is 7.06. The maximum absolute atomic E-state index is 12.3. The molecule has 1 aliphatic rings. The predicted molar refractivity (Wildman–Crippen MR) is 88.7 cm³/mol. The SMILES string of the molecule is Nc1nc(CCC(=O)NC(c2ccccn2)C2CC(O)C2)cs1. The third-order valence-electron chi connectivity index (χ3n) is 4.12. The minimum absolute atomic E-state index is 0.0337. The van der Waals surface area contributed by atoms with Gasteiger partial charge in [0.2, 0.25) is 5.91 Å². The highest BCUT2D eigenvalue weighted by Gasteiger charge is 2.36. The highest BCUT2D eigenvalue weighted by atomic mass is 32.1. The Morgan fingerprint density at radius 3 is 2.91 bits per heavy atom. The lowest BCUT2D eigenvalue weighted by molar-refractivity contribution is -0.123. The van der Waals surface area contributed by atoms with E-state index >= 15 is 0 Å². The van der Waals surface area contributed by atoms with Crippen molar-refractivity contribution in [2.75, 3.05) is 5.73 Å². The monoisotopic (exact) mass is 332 g/mol. The number of nitrogens with two attached hydrogens (primary N) is 1. The number of aryl methyl sites for hydroxylation is 1. The van der Waals surface area contributed by atoms with Crippen LogP contribution in [-0.4, -0.2) is 27.1 Å². The largest absolute Gasteiger partial charge is 0.393 e. The molecule has 1 aliphatic carbocycles. The first-order chi connectivity index (χ1) is 11.1. The van der Waals surface area contributed by atoms with Gasteiger partial charge in [0, 0.05) is 18.0 Å². The Morgan fingerprint density at radius 1 is 1.48 bits per heavy atom. The van der Waals surface area contributed by atoms with Gasteiger partial charge in [0.25, 0.3) is 0 Å². The molecule has 1 saturated carbocycles. The number of thiazole rings is 1. The van der Waals surface area contributed by atoms with Crippen molar-refractivity contribution in [3.63, 3.8) is 0 Å². The van der Waals surface area contributed by atoms with E-state index in [0.717, 1.165) is 11.4 Å². The van der Waals surface area contributed by atoms with Crippen molar-refractivity contribution in [2.45, 2.75) is 37.8 Å². The predicted octanol–water partition coefficient (Wildman–Crippen LogP) is 1.68. The van der Waals surface area contributed by atoms with Crippen LogP contribution < -0.4 is 11.1 Å². The fourth-order valence-electron chi connectivity index (χ4n) is 2.82. The van der Waals surface area contributed by atoms with Crippen LogP contribution in [0.2, 0.25) is 0 Å². The first kappa shape index (κ1) is 15.9. The van der Waals surface area contributed by atoms with E-state index in [1.54, 1.807) is 6.20 Å². The number of nitrogens with zero attached hydrogens (tertiary/aromatic N) is 2. The van der Waals surface area contributed by atoms with Crippen LogP contribution in [0.15, 0.2) is 29.8 Å². The molecule has 0 bridgehead atoms. The molecule has 0 aromatic carbocycles. The van der Waals surface area contributed by atoms with Gasteiger partial charge in [0.1, 0.15) is 0 Å². The zero-order valence-electron chi connectivity index (χ0n) is 12.7. The Morgan fingerprint density at radius 2 is 2.30 bits per heavy atom. The second-order valence-corrected chi connectivity index (χ2v) is 6.75. The Hall–Kier alpha value is -1.99. The number of pyridine rings is 1. The van der Waals surface area contributed by atoms with Gasteiger partial charge in [-0.3, -0.25) is 9.78 Å². The number of nitrogen functional groups attached to an aromatic ring is 1. The summed E-state index contributed by atoms with van der Waals surface area (Å²) in [5, 5.41) is 15.0. The molecule has 0 spiro atoms. The van der Waals surface area contributed by atoms with Crippen LogP contribution in [0.5, 0.6) is 0 Å². The number of aliphatic hydroxyl groups excluding tert-OH is 1. The molecule has 122 valence electrons. The average Bonchev–Trinajstić information content (AvgIpc) is 2.94. The third-order valence-corrected chi connectivity index (χ3v) is 4.84. The van der Waals surface area contributed by atoms with Crippen LogP contribution in [0.4, 0.5) is 5.13 Å². The Bertz CT molecular complexity index is 655. The number of aliphatic hydroxyl groups is 1. The lowest BCUT2D eigenvalue weighted by atomic mass is 9.76. The lowest BCUT2D eigenvalue weighted by Gasteiger charge is -2.37. The van der Waals surface area contributed by atoms with Crippen LogP contribution in [0.25, 0.3) is 0 Å². The van der Waals surface area contributed by atoms with Crippen molar-refractivity contribution in [1.82, 2.24) is 15.3 Å². The highest BCUT2D eigenvalue weighted by molar-refractivity contribution is 7.13. The normalized spacial score (nSPS) is 21.4. The van der Waals surface area contributed by atoms with Crippen molar-refractivity contribution in [2.24, 2.45) is 5.92 Å². The minimum atomic E-state index is -0.263. The molecule has 7 heteroatoms. The smallest absolute Gasteiger partial charge is 0.220 e. The van der Waals surface area contributed by atoms with Gasteiger partial charge in [-0.25, -0.2) is 4.98 Å². The number of carbonyl (C=O) groups excluding carboxylic acids is 1. The molecule has 2 aromatic rings. The van der Waals surface area contributed by atoms with Crippen molar-refractivity contribution >= 4 is 22.4 Å². The van der Waals surface area contributed by atoms with Crippen LogP contribution in [0.1, 0.15) is 36.7 Å². The molecule has 1 atom stereocenters. The summed E-state index contributed by atoms with van der Waals surface area (Å²) < 4.78 is 0. The number of nitrogens with one attached hydrogen (secondary N) is 1. The van der Waals surface area contributed by atoms with Gasteiger partial charge in [-0.05, 0) is 37.3 Å². The zero-order valence-corrected chi connectivity index (χ0v) is 13.5. The molecule has 0 radical (unpaired) electrons. The summed E-state index contributed by atoms with van der Waals surface area (Å²) in [6, 6.07) is 5.53. The van der Waals surface area contributed by atoms with Gasteiger partial charge in [0.15, 0.2) is 5.13 Å². The van der Waals surface area contributed by atoms with E-state index in [0.29, 0.717) is 30.8 Å². The number of carbonyl (C=O) groups is 1. The van der Waals surface area contributed by atoms with Crippen LogP contribution in [-0.2, 0) is 11.2 Å². The summed E-state index contributed by atoms with van der Waals surface area (Å²) in [7, 11) is 0. The summed E-state index contributed by atoms with van der Waals surface area (Å²) >= 11 is 1.38. The molecule has 23 heavy (non-hydrogen) atoms. The maximum atomic E-state index is 12.3. The summed E-state index contributed by atoms with van der Waals surface area (Å²) in [5.41, 5.74) is 7.28. The van der Waals surface area contributed by atoms with Crippen molar-refractivity contribution in [1.29, 1.82) is 0 Å². The maximum Gasteiger partial charge on any atom is 0.220 e. The van der Waals surface area contributed by atoms with Crippen LogP contribution in [0.3, 0.4) is 0 Å². The van der Waals surface area contributed by atoms with E-state index in [2.05, 4.69) is 15.3 Å². The molecule has 0 saturated heterocycles. The first-order valence-electron chi connectivity index (χ1n) is 7.70. The molecular formula is C16H20N4O2S. The lowest BCUT2D eigenvalue weighted by Crippen LogP contribution is -2.41. The number of hydrogen-bond acceptors (Lipinski definition) is 6. The van der Waals surface area contributed by atoms with Gasteiger partial charge >= 0.3 is 0 Å². The topological polar surface area (TPSA) is 101 Å². The summed E-state index contributed by atoms with van der Waals surface area (Å²) in [4.78, 5) is 20.8. The van der Waals surface area contributed by atoms with E-state index < -0.39 is 0 Å². The number of anilines is 1. The minimum Gasteiger partial charge on any atom is -0.393 e. The fraction of sp³-hybridized carbons (Fsp3) is 0.438. The number of rotatable bonds is 6. The summed E-state index contributed by atoms with van der Waals surface area (Å²) in [6.07, 6.45) is 3.79. The van der Waals surface area contributed by atoms with E-state index in [9.17, 15) is 9.90 Å². The standard InChI is InChI=1S/C16H20N4O2S/c17-16-19-11(9-23-16)4-5-14(22)20-15(10-7-12(21)8-10)13-3-1-2-6-18-13/h1-3,6,9-10,12,15,21H,4-5,7-8H2,(H2,17,19)(H,20,22). The molecule has 6 nitrogen and oxygen atoms in total. The third kappa shape index (κ3) is 4.05.